The normalized spacial score (nSPS) is 27.5. The predicted molar refractivity (Wildman–Crippen MR) is 77.8 cm³/mol. The van der Waals surface area contributed by atoms with Crippen LogP contribution in [-0.2, 0) is 0 Å². The Morgan fingerprint density at radius 3 is 2.39 bits per heavy atom. The van der Waals surface area contributed by atoms with Gasteiger partial charge in [-0.2, -0.15) is 0 Å². The molecule has 0 aromatic carbocycles. The Morgan fingerprint density at radius 1 is 1.22 bits per heavy atom. The average Bonchev–Trinajstić information content (AvgIpc) is 2.24. The number of rotatable bonds is 5. The molecule has 3 atom stereocenters. The molecule has 0 spiro atoms. The Balaban J connectivity index is 2.43. The topological polar surface area (TPSA) is 35.5 Å². The van der Waals surface area contributed by atoms with Gasteiger partial charge in [0, 0.05) is 19.1 Å². The Labute approximate surface area is 113 Å². The van der Waals surface area contributed by atoms with Gasteiger partial charge >= 0.3 is 0 Å². The maximum atomic E-state index is 9.94. The Kier molecular flexibility index (Phi) is 6.09. The average molecular weight is 256 g/mol. The molecule has 0 aliphatic heterocycles. The van der Waals surface area contributed by atoms with Crippen molar-refractivity contribution < 1.29 is 5.11 Å². The molecule has 3 heteroatoms. The fourth-order valence-corrected chi connectivity index (χ4v) is 3.19. The Bertz CT molecular complexity index is 235. The summed E-state index contributed by atoms with van der Waals surface area (Å²) in [5.74, 6) is 0.734. The first-order valence-corrected chi connectivity index (χ1v) is 7.37. The van der Waals surface area contributed by atoms with Crippen LogP contribution < -0.4 is 5.32 Å². The molecule has 0 aromatic rings. The highest BCUT2D eigenvalue weighted by atomic mass is 16.3. The van der Waals surface area contributed by atoms with Crippen molar-refractivity contribution in [3.8, 4) is 0 Å². The first-order valence-electron chi connectivity index (χ1n) is 7.37. The SMILES string of the molecule is CN(C)CC(O)CNC1CCCCC1C(C)(C)C. The fourth-order valence-electron chi connectivity index (χ4n) is 3.19. The second kappa shape index (κ2) is 6.88. The van der Waals surface area contributed by atoms with Crippen LogP contribution in [0.25, 0.3) is 0 Å². The fraction of sp³-hybridized carbons (Fsp3) is 1.00. The van der Waals surface area contributed by atoms with E-state index in [4.69, 9.17) is 0 Å². The van der Waals surface area contributed by atoms with Crippen molar-refractivity contribution >= 4 is 0 Å². The van der Waals surface area contributed by atoms with Gasteiger partial charge in [0.15, 0.2) is 0 Å². The van der Waals surface area contributed by atoms with Gasteiger partial charge < -0.3 is 15.3 Å². The molecule has 0 bridgehead atoms. The zero-order valence-electron chi connectivity index (χ0n) is 12.9. The summed E-state index contributed by atoms with van der Waals surface area (Å²) in [6.45, 7) is 8.48. The van der Waals surface area contributed by atoms with Crippen LogP contribution in [0.4, 0.5) is 0 Å². The summed E-state index contributed by atoms with van der Waals surface area (Å²) in [6, 6.07) is 0.579. The number of hydrogen-bond donors (Lipinski definition) is 2. The monoisotopic (exact) mass is 256 g/mol. The summed E-state index contributed by atoms with van der Waals surface area (Å²) in [5.41, 5.74) is 0.366. The van der Waals surface area contributed by atoms with Gasteiger partial charge in [0.2, 0.25) is 0 Å². The van der Waals surface area contributed by atoms with Gasteiger partial charge in [-0.05, 0) is 38.3 Å². The molecule has 1 fully saturated rings. The van der Waals surface area contributed by atoms with Gasteiger partial charge in [0.1, 0.15) is 0 Å². The number of aliphatic hydroxyl groups excluding tert-OH is 1. The van der Waals surface area contributed by atoms with Crippen LogP contribution in [0, 0.1) is 11.3 Å². The van der Waals surface area contributed by atoms with Crippen molar-refractivity contribution in [3.63, 3.8) is 0 Å². The quantitative estimate of drug-likeness (QED) is 0.791. The molecule has 3 nitrogen and oxygen atoms in total. The third-order valence-electron chi connectivity index (χ3n) is 4.07. The molecule has 1 aliphatic carbocycles. The maximum absolute atomic E-state index is 9.94. The first kappa shape index (κ1) is 15.9. The molecule has 18 heavy (non-hydrogen) atoms. The number of hydrogen-bond acceptors (Lipinski definition) is 3. The van der Waals surface area contributed by atoms with E-state index < -0.39 is 0 Å². The summed E-state index contributed by atoms with van der Waals surface area (Å²) in [6.07, 6.45) is 5.01. The van der Waals surface area contributed by atoms with Gasteiger partial charge in [-0.15, -0.1) is 0 Å². The molecule has 0 aromatic heterocycles. The molecule has 0 heterocycles. The lowest BCUT2D eigenvalue weighted by molar-refractivity contribution is 0.0974. The summed E-state index contributed by atoms with van der Waals surface area (Å²) in [7, 11) is 4.00. The van der Waals surface area contributed by atoms with E-state index in [1.165, 1.54) is 25.7 Å². The maximum Gasteiger partial charge on any atom is 0.0791 e. The highest BCUT2D eigenvalue weighted by Crippen LogP contribution is 2.37. The van der Waals surface area contributed by atoms with Gasteiger partial charge in [0.25, 0.3) is 0 Å². The van der Waals surface area contributed by atoms with E-state index in [0.717, 1.165) is 19.0 Å². The molecular formula is C15H32N2O. The second-order valence-corrected chi connectivity index (χ2v) is 7.19. The summed E-state index contributed by atoms with van der Waals surface area (Å²) >= 11 is 0. The molecule has 1 rings (SSSR count). The first-order chi connectivity index (χ1) is 8.30. The van der Waals surface area contributed by atoms with Crippen LogP contribution in [-0.4, -0.2) is 49.3 Å². The largest absolute Gasteiger partial charge is 0.390 e. The third-order valence-corrected chi connectivity index (χ3v) is 4.07. The summed E-state index contributed by atoms with van der Waals surface area (Å²) < 4.78 is 0. The number of nitrogens with zero attached hydrogens (tertiary/aromatic N) is 1. The molecule has 3 unspecified atom stereocenters. The summed E-state index contributed by atoms with van der Waals surface area (Å²) in [4.78, 5) is 2.04. The van der Waals surface area contributed by atoms with E-state index in [2.05, 4.69) is 26.1 Å². The van der Waals surface area contributed by atoms with Crippen LogP contribution in [0.1, 0.15) is 46.5 Å². The smallest absolute Gasteiger partial charge is 0.0791 e. The van der Waals surface area contributed by atoms with E-state index in [0.29, 0.717) is 11.5 Å². The Morgan fingerprint density at radius 2 is 1.83 bits per heavy atom. The highest BCUT2D eigenvalue weighted by molar-refractivity contribution is 4.88. The zero-order valence-corrected chi connectivity index (χ0v) is 12.9. The van der Waals surface area contributed by atoms with E-state index >= 15 is 0 Å². The van der Waals surface area contributed by atoms with Crippen molar-refractivity contribution in [1.29, 1.82) is 0 Å². The molecule has 2 N–H and O–H groups in total. The molecule has 0 amide bonds. The lowest BCUT2D eigenvalue weighted by Crippen LogP contribution is -2.47. The minimum absolute atomic E-state index is 0.262. The van der Waals surface area contributed by atoms with Crippen LogP contribution >= 0.6 is 0 Å². The van der Waals surface area contributed by atoms with Gasteiger partial charge in [-0.25, -0.2) is 0 Å². The number of likely N-dealkylation sites (N-methyl/N-ethyl adjacent to an activating group) is 1. The predicted octanol–water partition coefficient (Wildman–Crippen LogP) is 2.10. The Hall–Kier alpha value is -0.120. The van der Waals surface area contributed by atoms with Gasteiger partial charge in [-0.3, -0.25) is 0 Å². The minimum Gasteiger partial charge on any atom is -0.390 e. The van der Waals surface area contributed by atoms with Crippen molar-refractivity contribution in [2.45, 2.75) is 58.6 Å². The zero-order chi connectivity index (χ0) is 13.8. The van der Waals surface area contributed by atoms with Crippen LogP contribution in [0.5, 0.6) is 0 Å². The highest BCUT2D eigenvalue weighted by Gasteiger charge is 2.33. The molecular weight excluding hydrogens is 224 g/mol. The third kappa shape index (κ3) is 5.25. The van der Waals surface area contributed by atoms with Crippen LogP contribution in [0.15, 0.2) is 0 Å². The molecule has 1 aliphatic rings. The van der Waals surface area contributed by atoms with Crippen molar-refractivity contribution in [1.82, 2.24) is 10.2 Å². The van der Waals surface area contributed by atoms with Gasteiger partial charge in [-0.1, -0.05) is 33.6 Å². The van der Waals surface area contributed by atoms with E-state index in [1.807, 2.05) is 19.0 Å². The number of aliphatic hydroxyl groups is 1. The molecule has 0 radical (unpaired) electrons. The molecule has 0 saturated heterocycles. The lowest BCUT2D eigenvalue weighted by Gasteiger charge is -2.41. The molecule has 1 saturated carbocycles. The minimum atomic E-state index is -0.262. The van der Waals surface area contributed by atoms with E-state index in [9.17, 15) is 5.11 Å². The lowest BCUT2D eigenvalue weighted by atomic mass is 9.69. The second-order valence-electron chi connectivity index (χ2n) is 7.19. The van der Waals surface area contributed by atoms with Crippen molar-refractivity contribution in [2.75, 3.05) is 27.2 Å². The summed E-state index contributed by atoms with van der Waals surface area (Å²) in [5, 5.41) is 13.5. The molecule has 108 valence electrons. The van der Waals surface area contributed by atoms with Crippen LogP contribution in [0.2, 0.25) is 0 Å². The number of nitrogens with one attached hydrogen (secondary N) is 1. The van der Waals surface area contributed by atoms with Gasteiger partial charge in [0.05, 0.1) is 6.10 Å². The van der Waals surface area contributed by atoms with Crippen LogP contribution in [0.3, 0.4) is 0 Å². The van der Waals surface area contributed by atoms with E-state index in [1.54, 1.807) is 0 Å². The van der Waals surface area contributed by atoms with E-state index in [-0.39, 0.29) is 6.10 Å². The standard InChI is InChI=1S/C15H32N2O/c1-15(2,3)13-8-6-7-9-14(13)16-10-12(18)11-17(4)5/h12-14,16,18H,6-11H2,1-5H3. The van der Waals surface area contributed by atoms with Crippen molar-refractivity contribution in [3.05, 3.63) is 0 Å². The van der Waals surface area contributed by atoms with Crippen molar-refractivity contribution in [2.24, 2.45) is 11.3 Å².